The normalized spacial score (nSPS) is 9.41. The highest BCUT2D eigenvalue weighted by molar-refractivity contribution is 7.99. The third-order valence-electron chi connectivity index (χ3n) is 1.12. The summed E-state index contributed by atoms with van der Waals surface area (Å²) in [5, 5.41) is 15.1. The average Bonchev–Trinajstić information content (AvgIpc) is 2.88. The number of nitrogens with one attached hydrogen (secondary N) is 2. The Labute approximate surface area is 118 Å². The third kappa shape index (κ3) is 6.63. The van der Waals surface area contributed by atoms with E-state index in [0.29, 0.717) is 9.11 Å². The van der Waals surface area contributed by atoms with Crippen molar-refractivity contribution in [2.75, 3.05) is 5.75 Å². The molecule has 0 atom stereocenters. The maximum absolute atomic E-state index is 10.1. The van der Waals surface area contributed by atoms with Crippen molar-refractivity contribution in [3.8, 4) is 0 Å². The topological polar surface area (TPSA) is 94.7 Å². The molecule has 0 fully saturated rings. The molecule has 0 unspecified atom stereocenters. The summed E-state index contributed by atoms with van der Waals surface area (Å²) < 4.78 is 4.02. The summed E-state index contributed by atoms with van der Waals surface area (Å²) in [6.45, 7) is 0. The minimum Gasteiger partial charge on any atom is -0.481 e. The van der Waals surface area contributed by atoms with E-state index in [1.807, 2.05) is 0 Å². The number of hydrogen-bond donors (Lipinski definition) is 3. The molecule has 0 aliphatic carbocycles. The predicted molar refractivity (Wildman–Crippen MR) is 73.0 cm³/mol. The highest BCUT2D eigenvalue weighted by Crippen LogP contribution is 2.13. The first-order valence-electron chi connectivity index (χ1n) is 3.96. The van der Waals surface area contributed by atoms with Crippen molar-refractivity contribution in [1.82, 2.24) is 19.6 Å². The van der Waals surface area contributed by atoms with E-state index in [4.69, 9.17) is 17.3 Å². The number of thioether (sulfide) groups is 1. The van der Waals surface area contributed by atoms with E-state index in [2.05, 4.69) is 31.8 Å². The highest BCUT2D eigenvalue weighted by atomic mass is 32.2. The molecule has 0 amide bonds. The van der Waals surface area contributed by atoms with E-state index in [9.17, 15) is 4.79 Å². The van der Waals surface area contributed by atoms with Crippen LogP contribution in [0.4, 0.5) is 0 Å². The van der Waals surface area contributed by atoms with Gasteiger partial charge in [0.2, 0.25) is 0 Å². The van der Waals surface area contributed by atoms with Crippen molar-refractivity contribution in [2.45, 2.75) is 5.16 Å². The van der Waals surface area contributed by atoms with Crippen molar-refractivity contribution in [1.29, 1.82) is 0 Å². The van der Waals surface area contributed by atoms with Gasteiger partial charge in [-0.3, -0.25) is 14.3 Å². The number of hydrogen-bond acceptors (Lipinski definition) is 8. The Bertz CT molecular complexity index is 552. The van der Waals surface area contributed by atoms with E-state index < -0.39 is 5.97 Å². The number of aromatic amines is 2. The Kier molecular flexibility index (Phi) is 6.50. The van der Waals surface area contributed by atoms with Crippen LogP contribution in [0.1, 0.15) is 0 Å². The Hall–Kier alpha value is -0.620. The lowest BCUT2D eigenvalue weighted by Gasteiger charge is -1.88. The van der Waals surface area contributed by atoms with E-state index in [0.717, 1.165) is 15.7 Å². The Balaban J connectivity index is 0.000000202. The number of aliphatic carboxylic acids is 1. The monoisotopic (exact) mass is 326 g/mol. The van der Waals surface area contributed by atoms with Gasteiger partial charge in [0.15, 0.2) is 13.1 Å². The molecule has 0 bridgehead atoms. The lowest BCUT2D eigenvalue weighted by Crippen LogP contribution is -1.97. The molecule has 2 aromatic rings. The summed E-state index contributed by atoms with van der Waals surface area (Å²) in [6.07, 6.45) is 0. The SMILES string of the molecule is O=C(O)CSc1nc(=S)s[nH]1.S=c1[nH]ncs1. The molecule has 17 heavy (non-hydrogen) atoms. The fourth-order valence-electron chi connectivity index (χ4n) is 0.587. The van der Waals surface area contributed by atoms with Gasteiger partial charge in [0, 0.05) is 0 Å². The predicted octanol–water partition coefficient (Wildman–Crippen LogP) is 2.58. The first-order valence-corrected chi connectivity index (χ1v) is 7.46. The summed E-state index contributed by atoms with van der Waals surface area (Å²) >= 11 is 13.1. The van der Waals surface area contributed by atoms with Crippen LogP contribution in [0, 0.1) is 7.91 Å². The van der Waals surface area contributed by atoms with E-state index in [-0.39, 0.29) is 5.75 Å². The van der Waals surface area contributed by atoms with Crippen LogP contribution in [0.3, 0.4) is 0 Å². The average molecular weight is 326 g/mol. The highest BCUT2D eigenvalue weighted by Gasteiger charge is 2.01. The van der Waals surface area contributed by atoms with Gasteiger partial charge in [-0.2, -0.15) is 5.10 Å². The zero-order valence-corrected chi connectivity index (χ0v) is 12.2. The summed E-state index contributed by atoms with van der Waals surface area (Å²) in [7, 11) is 0. The maximum atomic E-state index is 10.1. The van der Waals surface area contributed by atoms with Crippen LogP contribution in [0.2, 0.25) is 0 Å². The molecule has 0 radical (unpaired) electrons. The third-order valence-corrected chi connectivity index (χ3v) is 3.91. The van der Waals surface area contributed by atoms with Gasteiger partial charge in [0.05, 0.1) is 5.75 Å². The van der Waals surface area contributed by atoms with Crippen LogP contribution >= 0.6 is 59.1 Å². The number of nitrogens with zero attached hydrogens (tertiary/aromatic N) is 2. The van der Waals surface area contributed by atoms with Crippen LogP contribution in [-0.2, 0) is 4.79 Å². The molecular weight excluding hydrogens is 320 g/mol. The second-order valence-electron chi connectivity index (χ2n) is 2.32. The van der Waals surface area contributed by atoms with E-state index in [1.165, 1.54) is 22.9 Å². The number of carboxylic acids is 1. The molecular formula is C6H6N4O2S5. The van der Waals surface area contributed by atoms with Crippen LogP contribution in [0.5, 0.6) is 0 Å². The summed E-state index contributed by atoms with van der Waals surface area (Å²) in [5.41, 5.74) is 1.67. The molecule has 0 spiro atoms. The van der Waals surface area contributed by atoms with Crippen LogP contribution in [0.25, 0.3) is 0 Å². The maximum Gasteiger partial charge on any atom is 0.313 e. The molecule has 2 aromatic heterocycles. The molecule has 0 aliphatic heterocycles. The zero-order chi connectivity index (χ0) is 12.7. The number of carbonyl (C=O) groups is 1. The van der Waals surface area contributed by atoms with Gasteiger partial charge in [-0.15, -0.1) is 0 Å². The number of aromatic nitrogens is 4. The smallest absolute Gasteiger partial charge is 0.313 e. The second kappa shape index (κ2) is 7.66. The molecule has 0 aromatic carbocycles. The van der Waals surface area contributed by atoms with Crippen molar-refractivity contribution < 1.29 is 9.90 Å². The van der Waals surface area contributed by atoms with Crippen molar-refractivity contribution in [3.63, 3.8) is 0 Å². The van der Waals surface area contributed by atoms with Gasteiger partial charge in [-0.25, -0.2) is 4.98 Å². The van der Waals surface area contributed by atoms with Gasteiger partial charge in [0.25, 0.3) is 0 Å². The fourth-order valence-corrected chi connectivity index (χ4v) is 2.54. The molecule has 11 heteroatoms. The first-order chi connectivity index (χ1) is 8.08. The van der Waals surface area contributed by atoms with Crippen molar-refractivity contribution >= 4 is 65.0 Å². The molecule has 2 rings (SSSR count). The molecule has 92 valence electrons. The lowest BCUT2D eigenvalue weighted by molar-refractivity contribution is -0.133. The Morgan fingerprint density at radius 1 is 1.59 bits per heavy atom. The van der Waals surface area contributed by atoms with Crippen LogP contribution in [-0.4, -0.2) is 36.4 Å². The first kappa shape index (κ1) is 14.4. The molecule has 6 nitrogen and oxygen atoms in total. The largest absolute Gasteiger partial charge is 0.481 e. The lowest BCUT2D eigenvalue weighted by atomic mass is 10.8. The molecule has 0 saturated carbocycles. The Morgan fingerprint density at radius 3 is 2.71 bits per heavy atom. The molecule has 2 heterocycles. The summed E-state index contributed by atoms with van der Waals surface area (Å²) in [6, 6.07) is 0. The van der Waals surface area contributed by atoms with Crippen LogP contribution in [0.15, 0.2) is 10.7 Å². The molecule has 0 aliphatic rings. The van der Waals surface area contributed by atoms with Crippen molar-refractivity contribution in [2.24, 2.45) is 0 Å². The molecule has 0 saturated heterocycles. The molecule has 3 N–H and O–H groups in total. The van der Waals surface area contributed by atoms with Crippen LogP contribution < -0.4 is 0 Å². The minimum absolute atomic E-state index is 0.00894. The van der Waals surface area contributed by atoms with Gasteiger partial charge in [-0.1, -0.05) is 23.1 Å². The summed E-state index contributed by atoms with van der Waals surface area (Å²) in [5.74, 6) is -0.850. The quantitative estimate of drug-likeness (QED) is 0.589. The minimum atomic E-state index is -0.859. The van der Waals surface area contributed by atoms with Gasteiger partial charge < -0.3 is 5.11 Å². The number of rotatable bonds is 3. The zero-order valence-electron chi connectivity index (χ0n) is 8.08. The van der Waals surface area contributed by atoms with Crippen molar-refractivity contribution in [3.05, 3.63) is 13.4 Å². The Morgan fingerprint density at radius 2 is 2.35 bits per heavy atom. The fraction of sp³-hybridized carbons (Fsp3) is 0.167. The van der Waals surface area contributed by atoms with E-state index in [1.54, 1.807) is 5.51 Å². The van der Waals surface area contributed by atoms with Gasteiger partial charge in [-0.05, 0) is 36.0 Å². The summed E-state index contributed by atoms with van der Waals surface area (Å²) in [4.78, 5) is 14.0. The second-order valence-corrected chi connectivity index (χ2v) is 6.25. The van der Waals surface area contributed by atoms with Gasteiger partial charge >= 0.3 is 5.97 Å². The van der Waals surface area contributed by atoms with E-state index >= 15 is 0 Å². The number of H-pyrrole nitrogens is 2. The standard InChI is InChI=1S/C4H4N2O2S3.C2H2N2S2/c7-2(8)1-10-3-5-4(9)11-6-3;5-2-4-3-1-6-2/h1H2,(H,7,8)(H,5,6,9);1H,(H,4,5). The van der Waals surface area contributed by atoms with Gasteiger partial charge in [0.1, 0.15) is 5.51 Å². The number of carboxylic acid groups (broad SMARTS) is 1.